The van der Waals surface area contributed by atoms with Crippen LogP contribution in [0.3, 0.4) is 0 Å². The number of benzene rings is 3. The van der Waals surface area contributed by atoms with E-state index in [0.717, 1.165) is 16.7 Å². The minimum atomic E-state index is -0.186. The van der Waals surface area contributed by atoms with Crippen molar-refractivity contribution < 1.29 is 9.53 Å². The largest absolute Gasteiger partial charge is 0.367 e. The first-order valence-electron chi connectivity index (χ1n) is 8.38. The highest BCUT2D eigenvalue weighted by molar-refractivity contribution is 5.91. The van der Waals surface area contributed by atoms with Crippen LogP contribution in [0.1, 0.15) is 16.7 Å². The second kappa shape index (κ2) is 9.22. The molecule has 0 fully saturated rings. The van der Waals surface area contributed by atoms with Gasteiger partial charge in [0, 0.05) is 16.8 Å². The van der Waals surface area contributed by atoms with Gasteiger partial charge in [0.15, 0.2) is 0 Å². The summed E-state index contributed by atoms with van der Waals surface area (Å²) in [6, 6.07) is 27.0. The Hall–Kier alpha value is -3.35. The fourth-order valence-electron chi connectivity index (χ4n) is 2.37. The molecule has 1 N–H and O–H groups in total. The van der Waals surface area contributed by atoms with Gasteiger partial charge in [-0.2, -0.15) is 0 Å². The lowest BCUT2D eigenvalue weighted by Crippen LogP contribution is -2.18. The van der Waals surface area contributed by atoms with Crippen molar-refractivity contribution in [1.29, 1.82) is 0 Å². The molecule has 26 heavy (non-hydrogen) atoms. The van der Waals surface area contributed by atoms with Crippen LogP contribution in [0.5, 0.6) is 0 Å². The molecule has 0 aliphatic rings. The molecule has 0 aliphatic heterocycles. The molecule has 0 bridgehead atoms. The number of hydrogen-bond acceptors (Lipinski definition) is 2. The number of ether oxygens (including phenoxy) is 1. The standard InChI is InChI=1S/C23H19NO2/c25-23(18-26-17-21-10-5-2-6-11-21)24-22-13-7-12-20(16-22)15-14-19-8-3-1-4-9-19/h1-13,16H,17-18H2,(H,24,25). The number of carbonyl (C=O) groups is 1. The predicted octanol–water partition coefficient (Wildman–Crippen LogP) is 4.24. The summed E-state index contributed by atoms with van der Waals surface area (Å²) in [5, 5.41) is 2.84. The molecule has 0 saturated carbocycles. The van der Waals surface area contributed by atoms with Crippen molar-refractivity contribution >= 4 is 11.6 Å². The van der Waals surface area contributed by atoms with Gasteiger partial charge in [0.2, 0.25) is 5.91 Å². The van der Waals surface area contributed by atoms with Crippen molar-refractivity contribution in [3.8, 4) is 11.8 Å². The first-order valence-corrected chi connectivity index (χ1v) is 8.38. The first-order chi connectivity index (χ1) is 12.8. The molecule has 3 aromatic carbocycles. The Morgan fingerprint density at radius 1 is 0.808 bits per heavy atom. The third kappa shape index (κ3) is 5.62. The third-order valence-corrected chi connectivity index (χ3v) is 3.62. The molecule has 0 unspecified atom stereocenters. The number of carbonyl (C=O) groups excluding carboxylic acids is 1. The van der Waals surface area contributed by atoms with E-state index in [0.29, 0.717) is 12.3 Å². The summed E-state index contributed by atoms with van der Waals surface area (Å²) in [5.74, 6) is 6.03. The summed E-state index contributed by atoms with van der Waals surface area (Å²) < 4.78 is 5.45. The zero-order valence-electron chi connectivity index (χ0n) is 14.3. The molecule has 0 atom stereocenters. The highest BCUT2D eigenvalue weighted by Crippen LogP contribution is 2.10. The zero-order valence-corrected chi connectivity index (χ0v) is 14.3. The van der Waals surface area contributed by atoms with E-state index >= 15 is 0 Å². The maximum absolute atomic E-state index is 12.0. The molecule has 0 aromatic heterocycles. The maximum atomic E-state index is 12.0. The van der Waals surface area contributed by atoms with E-state index in [1.165, 1.54) is 0 Å². The molecule has 3 aromatic rings. The number of nitrogens with one attached hydrogen (secondary N) is 1. The van der Waals surface area contributed by atoms with Crippen LogP contribution in [0.25, 0.3) is 0 Å². The highest BCUT2D eigenvalue weighted by atomic mass is 16.5. The number of rotatable bonds is 5. The normalized spacial score (nSPS) is 9.85. The second-order valence-electron chi connectivity index (χ2n) is 5.72. The quantitative estimate of drug-likeness (QED) is 0.705. The van der Waals surface area contributed by atoms with Crippen molar-refractivity contribution in [2.45, 2.75) is 6.61 Å². The van der Waals surface area contributed by atoms with Crippen LogP contribution in [0, 0.1) is 11.8 Å². The van der Waals surface area contributed by atoms with Crippen LogP contribution >= 0.6 is 0 Å². The number of anilines is 1. The Kier molecular flexibility index (Phi) is 6.19. The van der Waals surface area contributed by atoms with E-state index in [1.807, 2.05) is 84.9 Å². The van der Waals surface area contributed by atoms with Gasteiger partial charge in [-0.15, -0.1) is 0 Å². The molecule has 3 nitrogen and oxygen atoms in total. The van der Waals surface area contributed by atoms with Crippen molar-refractivity contribution in [3.05, 3.63) is 102 Å². The van der Waals surface area contributed by atoms with E-state index in [4.69, 9.17) is 4.74 Å². The average Bonchev–Trinajstić information content (AvgIpc) is 2.68. The van der Waals surface area contributed by atoms with Crippen molar-refractivity contribution in [1.82, 2.24) is 0 Å². The number of amides is 1. The summed E-state index contributed by atoms with van der Waals surface area (Å²) >= 11 is 0. The summed E-state index contributed by atoms with van der Waals surface area (Å²) in [5.41, 5.74) is 3.55. The minimum Gasteiger partial charge on any atom is -0.367 e. The van der Waals surface area contributed by atoms with Gasteiger partial charge in [-0.3, -0.25) is 4.79 Å². The van der Waals surface area contributed by atoms with Crippen molar-refractivity contribution in [2.75, 3.05) is 11.9 Å². The molecule has 3 rings (SSSR count). The van der Waals surface area contributed by atoms with Gasteiger partial charge in [-0.05, 0) is 35.9 Å². The van der Waals surface area contributed by atoms with Gasteiger partial charge in [-0.25, -0.2) is 0 Å². The van der Waals surface area contributed by atoms with Crippen LogP contribution in [-0.2, 0) is 16.1 Å². The van der Waals surface area contributed by atoms with Gasteiger partial charge in [-0.1, -0.05) is 66.4 Å². The molecule has 3 heteroatoms. The number of hydrogen-bond donors (Lipinski definition) is 1. The van der Waals surface area contributed by atoms with E-state index < -0.39 is 0 Å². The minimum absolute atomic E-state index is 0.00875. The van der Waals surface area contributed by atoms with E-state index in [9.17, 15) is 4.79 Å². The lowest BCUT2D eigenvalue weighted by atomic mass is 10.1. The van der Waals surface area contributed by atoms with Crippen LogP contribution in [0.4, 0.5) is 5.69 Å². The SMILES string of the molecule is O=C(COCc1ccccc1)Nc1cccc(C#Cc2ccccc2)c1. The summed E-state index contributed by atoms with van der Waals surface area (Å²) in [6.07, 6.45) is 0. The van der Waals surface area contributed by atoms with E-state index in [-0.39, 0.29) is 12.5 Å². The van der Waals surface area contributed by atoms with Gasteiger partial charge < -0.3 is 10.1 Å². The molecule has 0 saturated heterocycles. The Bertz CT molecular complexity index is 909. The predicted molar refractivity (Wildman–Crippen MR) is 104 cm³/mol. The van der Waals surface area contributed by atoms with Crippen molar-refractivity contribution in [2.24, 2.45) is 0 Å². The molecular weight excluding hydrogens is 322 g/mol. The molecule has 0 aliphatic carbocycles. The van der Waals surface area contributed by atoms with Crippen molar-refractivity contribution in [3.63, 3.8) is 0 Å². The third-order valence-electron chi connectivity index (χ3n) is 3.62. The Labute approximate surface area is 153 Å². The average molecular weight is 341 g/mol. The molecule has 0 radical (unpaired) electrons. The topological polar surface area (TPSA) is 38.3 Å². The van der Waals surface area contributed by atoms with Crippen LogP contribution in [0.15, 0.2) is 84.9 Å². The van der Waals surface area contributed by atoms with Crippen LogP contribution in [-0.4, -0.2) is 12.5 Å². The Morgan fingerprint density at radius 3 is 2.23 bits per heavy atom. The monoisotopic (exact) mass is 341 g/mol. The van der Waals surface area contributed by atoms with Crippen LogP contribution < -0.4 is 5.32 Å². The van der Waals surface area contributed by atoms with Gasteiger partial charge >= 0.3 is 0 Å². The summed E-state index contributed by atoms with van der Waals surface area (Å²) in [7, 11) is 0. The summed E-state index contributed by atoms with van der Waals surface area (Å²) in [6.45, 7) is 0.422. The van der Waals surface area contributed by atoms with Gasteiger partial charge in [0.05, 0.1) is 6.61 Å². The first kappa shape index (κ1) is 17.5. The summed E-state index contributed by atoms with van der Waals surface area (Å²) in [4.78, 5) is 12.0. The zero-order chi connectivity index (χ0) is 18.0. The fraction of sp³-hybridized carbons (Fsp3) is 0.0870. The lowest BCUT2D eigenvalue weighted by molar-refractivity contribution is -0.121. The maximum Gasteiger partial charge on any atom is 0.250 e. The Balaban J connectivity index is 1.53. The van der Waals surface area contributed by atoms with E-state index in [2.05, 4.69) is 17.2 Å². The van der Waals surface area contributed by atoms with Gasteiger partial charge in [0.1, 0.15) is 6.61 Å². The highest BCUT2D eigenvalue weighted by Gasteiger charge is 2.03. The molecular formula is C23H19NO2. The van der Waals surface area contributed by atoms with E-state index in [1.54, 1.807) is 0 Å². The Morgan fingerprint density at radius 2 is 1.46 bits per heavy atom. The lowest BCUT2D eigenvalue weighted by Gasteiger charge is -2.07. The van der Waals surface area contributed by atoms with Gasteiger partial charge in [0.25, 0.3) is 0 Å². The molecule has 1 amide bonds. The molecule has 128 valence electrons. The fourth-order valence-corrected chi connectivity index (χ4v) is 2.37. The molecule has 0 spiro atoms. The smallest absolute Gasteiger partial charge is 0.250 e. The second-order valence-corrected chi connectivity index (χ2v) is 5.72. The van der Waals surface area contributed by atoms with Crippen LogP contribution in [0.2, 0.25) is 0 Å². The molecule has 0 heterocycles.